The number of hydrogen-bond donors (Lipinski definition) is 1. The summed E-state index contributed by atoms with van der Waals surface area (Å²) in [5, 5.41) is 3.01. The van der Waals surface area contributed by atoms with Crippen molar-refractivity contribution < 1.29 is 27.3 Å². The topological polar surface area (TPSA) is 101 Å². The van der Waals surface area contributed by atoms with Gasteiger partial charge in [0.15, 0.2) is 0 Å². The molecule has 1 N–H and O–H groups in total. The largest absolute Gasteiger partial charge is 0.442 e. The average Bonchev–Trinajstić information content (AvgIpc) is 2.94. The maximum Gasteiger partial charge on any atom is 0.442 e. The number of amides is 2. The van der Waals surface area contributed by atoms with Gasteiger partial charge in [-0.25, -0.2) is 22.8 Å². The second kappa shape index (κ2) is 10.9. The highest BCUT2D eigenvalue weighted by atomic mass is 35.5. The fraction of sp³-hybridized carbons (Fsp3) is 0.480. The zero-order valence-electron chi connectivity index (χ0n) is 21.4. The summed E-state index contributed by atoms with van der Waals surface area (Å²) in [4.78, 5) is 31.7. The van der Waals surface area contributed by atoms with Crippen molar-refractivity contribution in [3.8, 4) is 0 Å². The third-order valence-corrected chi connectivity index (χ3v) is 7.68. The SMILES string of the molecule is Cc1c(Cl)cnc(N2CCCC(F)(F)CC2)c1C(=O)Nc1cccc(S(C)(=O)=NC(=O)OC(C)(C)C)c1. The molecule has 2 amide bonds. The summed E-state index contributed by atoms with van der Waals surface area (Å²) in [6, 6.07) is 6.14. The quantitative estimate of drug-likeness (QED) is 0.473. The molecule has 1 fully saturated rings. The summed E-state index contributed by atoms with van der Waals surface area (Å²) < 4.78 is 49.9. The van der Waals surface area contributed by atoms with E-state index in [1.807, 2.05) is 0 Å². The van der Waals surface area contributed by atoms with Crippen LogP contribution in [-0.4, -0.2) is 52.1 Å². The van der Waals surface area contributed by atoms with E-state index in [0.717, 1.165) is 0 Å². The number of nitrogens with zero attached hydrogens (tertiary/aromatic N) is 3. The molecular weight excluding hydrogens is 526 g/mol. The van der Waals surface area contributed by atoms with Crippen molar-refractivity contribution in [2.24, 2.45) is 4.36 Å². The third kappa shape index (κ3) is 7.61. The number of hydrogen-bond acceptors (Lipinski definition) is 6. The summed E-state index contributed by atoms with van der Waals surface area (Å²) in [5.41, 5.74) is 0.119. The molecule has 0 spiro atoms. The molecule has 37 heavy (non-hydrogen) atoms. The van der Waals surface area contributed by atoms with E-state index < -0.39 is 33.3 Å². The van der Waals surface area contributed by atoms with E-state index in [0.29, 0.717) is 17.8 Å². The Morgan fingerprint density at radius 1 is 1.24 bits per heavy atom. The number of ether oxygens (including phenoxy) is 1. The summed E-state index contributed by atoms with van der Waals surface area (Å²) in [7, 11) is -3.17. The van der Waals surface area contributed by atoms with Gasteiger partial charge in [-0.05, 0) is 57.9 Å². The lowest BCUT2D eigenvalue weighted by Crippen LogP contribution is -2.30. The highest BCUT2D eigenvalue weighted by Crippen LogP contribution is 2.33. The molecule has 8 nitrogen and oxygen atoms in total. The Hall–Kier alpha value is -2.79. The van der Waals surface area contributed by atoms with Gasteiger partial charge in [-0.2, -0.15) is 0 Å². The van der Waals surface area contributed by atoms with Gasteiger partial charge in [-0.1, -0.05) is 17.7 Å². The van der Waals surface area contributed by atoms with Gasteiger partial charge in [0, 0.05) is 49.0 Å². The molecule has 1 saturated heterocycles. The monoisotopic (exact) mass is 556 g/mol. The van der Waals surface area contributed by atoms with Crippen LogP contribution < -0.4 is 10.2 Å². The first kappa shape index (κ1) is 28.8. The number of halogens is 3. The maximum atomic E-state index is 13.9. The molecule has 1 unspecified atom stereocenters. The predicted octanol–water partition coefficient (Wildman–Crippen LogP) is 6.31. The second-order valence-electron chi connectivity index (χ2n) is 9.98. The van der Waals surface area contributed by atoms with Crippen LogP contribution in [0.4, 0.5) is 25.1 Å². The first-order chi connectivity index (χ1) is 17.1. The van der Waals surface area contributed by atoms with Crippen molar-refractivity contribution in [2.45, 2.75) is 63.4 Å². The van der Waals surface area contributed by atoms with Crippen molar-refractivity contribution >= 4 is 44.8 Å². The van der Waals surface area contributed by atoms with E-state index in [1.54, 1.807) is 44.7 Å². The molecule has 0 saturated carbocycles. The van der Waals surface area contributed by atoms with E-state index in [2.05, 4.69) is 14.7 Å². The molecular formula is C25H31ClF2N4O4S. The maximum absolute atomic E-state index is 13.9. The number of carbonyl (C=O) groups excluding carboxylic acids is 2. The fourth-order valence-corrected chi connectivity index (χ4v) is 5.08. The van der Waals surface area contributed by atoms with Gasteiger partial charge < -0.3 is 15.0 Å². The highest BCUT2D eigenvalue weighted by molar-refractivity contribution is 7.93. The van der Waals surface area contributed by atoms with Crippen molar-refractivity contribution in [3.05, 3.63) is 46.6 Å². The van der Waals surface area contributed by atoms with Gasteiger partial charge in [0.2, 0.25) is 5.92 Å². The molecule has 2 aromatic rings. The van der Waals surface area contributed by atoms with Crippen molar-refractivity contribution in [1.82, 2.24) is 4.98 Å². The standard InChI is InChI=1S/C25H31ClF2N4O4S/c1-16-19(26)15-29-21(32-12-7-10-25(27,28)11-13-32)20(16)22(33)30-17-8-6-9-18(14-17)37(5,35)31-23(34)36-24(2,3)4/h6,8-9,14-15H,7,10-13H2,1-5H3,(H,30,33). The van der Waals surface area contributed by atoms with Crippen LogP contribution in [0.3, 0.4) is 0 Å². The minimum absolute atomic E-state index is 0.0426. The molecule has 1 atom stereocenters. The van der Waals surface area contributed by atoms with E-state index in [1.165, 1.54) is 24.6 Å². The van der Waals surface area contributed by atoms with Crippen LogP contribution in [0.5, 0.6) is 0 Å². The lowest BCUT2D eigenvalue weighted by atomic mass is 10.1. The molecule has 202 valence electrons. The molecule has 0 radical (unpaired) electrons. The third-order valence-electron chi connectivity index (χ3n) is 5.67. The number of rotatable bonds is 4. The smallest absolute Gasteiger partial charge is 0.442 e. The van der Waals surface area contributed by atoms with E-state index >= 15 is 0 Å². The van der Waals surface area contributed by atoms with Gasteiger partial charge in [-0.15, -0.1) is 4.36 Å². The number of carbonyl (C=O) groups is 2. The molecule has 3 rings (SSSR count). The second-order valence-corrected chi connectivity index (χ2v) is 12.6. The van der Waals surface area contributed by atoms with Crippen molar-refractivity contribution in [2.75, 3.05) is 29.6 Å². The Morgan fingerprint density at radius 3 is 2.62 bits per heavy atom. The molecule has 1 aliphatic rings. The minimum Gasteiger partial charge on any atom is -0.442 e. The van der Waals surface area contributed by atoms with Crippen molar-refractivity contribution in [3.63, 3.8) is 0 Å². The van der Waals surface area contributed by atoms with Crippen LogP contribution in [-0.2, 0) is 14.5 Å². The van der Waals surface area contributed by atoms with Crippen LogP contribution in [0.15, 0.2) is 39.7 Å². The Bertz CT molecular complexity index is 1320. The zero-order chi connectivity index (χ0) is 27.6. The number of aromatic nitrogens is 1. The molecule has 0 aliphatic carbocycles. The van der Waals surface area contributed by atoms with E-state index in [4.69, 9.17) is 16.3 Å². The lowest BCUT2D eigenvalue weighted by Gasteiger charge is -2.25. The molecule has 1 aromatic heterocycles. The Kier molecular flexibility index (Phi) is 8.48. The average molecular weight is 557 g/mol. The summed E-state index contributed by atoms with van der Waals surface area (Å²) in [6.07, 6.45) is 1.43. The van der Waals surface area contributed by atoms with Crippen LogP contribution in [0.25, 0.3) is 0 Å². The molecule has 0 bridgehead atoms. The van der Waals surface area contributed by atoms with E-state index in [9.17, 15) is 22.6 Å². The number of pyridine rings is 1. The Balaban J connectivity index is 1.91. The Morgan fingerprint density at radius 2 is 1.95 bits per heavy atom. The van der Waals surface area contributed by atoms with Gasteiger partial charge in [-0.3, -0.25) is 4.79 Å². The Labute approximate surface area is 220 Å². The molecule has 2 heterocycles. The normalized spacial score (nSPS) is 17.4. The van der Waals surface area contributed by atoms with Crippen molar-refractivity contribution in [1.29, 1.82) is 0 Å². The first-order valence-corrected chi connectivity index (χ1v) is 14.0. The fourth-order valence-electron chi connectivity index (χ4n) is 3.83. The number of alkyl halides is 2. The number of anilines is 2. The summed E-state index contributed by atoms with van der Waals surface area (Å²) in [5.74, 6) is -3.05. The molecule has 12 heteroatoms. The molecule has 1 aromatic carbocycles. The number of nitrogens with one attached hydrogen (secondary N) is 1. The van der Waals surface area contributed by atoms with E-state index in [-0.39, 0.29) is 47.1 Å². The minimum atomic E-state index is -3.17. The van der Waals surface area contributed by atoms with Gasteiger partial charge in [0.1, 0.15) is 11.4 Å². The highest BCUT2D eigenvalue weighted by Gasteiger charge is 2.33. The van der Waals surface area contributed by atoms with Gasteiger partial charge in [0.05, 0.1) is 20.3 Å². The summed E-state index contributed by atoms with van der Waals surface area (Å²) >= 11 is 6.25. The first-order valence-electron chi connectivity index (χ1n) is 11.7. The van der Waals surface area contributed by atoms with Crippen LogP contribution in [0.2, 0.25) is 5.02 Å². The van der Waals surface area contributed by atoms with Gasteiger partial charge in [0.25, 0.3) is 5.91 Å². The number of benzene rings is 1. The zero-order valence-corrected chi connectivity index (χ0v) is 23.0. The van der Waals surface area contributed by atoms with Crippen LogP contribution in [0, 0.1) is 6.92 Å². The lowest BCUT2D eigenvalue weighted by molar-refractivity contribution is -0.0102. The van der Waals surface area contributed by atoms with Crippen LogP contribution in [0.1, 0.15) is 56.0 Å². The summed E-state index contributed by atoms with van der Waals surface area (Å²) in [6.45, 7) is 7.04. The predicted molar refractivity (Wildman–Crippen MR) is 140 cm³/mol. The van der Waals surface area contributed by atoms with Crippen LogP contribution >= 0.6 is 11.6 Å². The van der Waals surface area contributed by atoms with Gasteiger partial charge >= 0.3 is 6.09 Å². The molecule has 1 aliphatic heterocycles.